The molecule has 0 spiro atoms. The van der Waals surface area contributed by atoms with Gasteiger partial charge in [-0.1, -0.05) is 11.6 Å². The lowest BCUT2D eigenvalue weighted by Crippen LogP contribution is -1.81. The van der Waals surface area contributed by atoms with Gasteiger partial charge >= 0.3 is 0 Å². The minimum Gasteiger partial charge on any atom is -0.508 e. The maximum absolute atomic E-state index is 9.74. The molecule has 0 fully saturated rings. The van der Waals surface area contributed by atoms with E-state index in [1.165, 1.54) is 24.5 Å². The summed E-state index contributed by atoms with van der Waals surface area (Å²) in [5, 5.41) is 19.4. The predicted molar refractivity (Wildman–Crippen MR) is 65.5 cm³/mol. The third kappa shape index (κ3) is 1.63. The average Bonchev–Trinajstić information content (AvgIpc) is 2.77. The number of phenolic OH excluding ortho intramolecular Hbond substituents is 2. The van der Waals surface area contributed by atoms with Gasteiger partial charge in [0.15, 0.2) is 10.8 Å². The van der Waals surface area contributed by atoms with Crippen LogP contribution in [0.15, 0.2) is 24.5 Å². The summed E-state index contributed by atoms with van der Waals surface area (Å²) in [5.41, 5.74) is 1.24. The van der Waals surface area contributed by atoms with Crippen molar-refractivity contribution in [1.29, 1.82) is 0 Å². The summed E-state index contributed by atoms with van der Waals surface area (Å²) in [6, 6.07) is 4.16. The van der Waals surface area contributed by atoms with Crippen LogP contribution in [0.5, 0.6) is 11.5 Å². The third-order valence-corrected chi connectivity index (χ3v) is 2.76. The topological polar surface area (TPSA) is 94.9 Å². The number of aromatic amines is 1. The van der Waals surface area contributed by atoms with Crippen LogP contribution in [-0.2, 0) is 0 Å². The van der Waals surface area contributed by atoms with E-state index in [4.69, 9.17) is 11.6 Å². The number of nitrogens with zero attached hydrogens (tertiary/aromatic N) is 3. The van der Waals surface area contributed by atoms with E-state index in [1.807, 2.05) is 0 Å². The molecule has 0 aliphatic carbocycles. The molecule has 0 radical (unpaired) electrons. The minimum atomic E-state index is -0.00376. The van der Waals surface area contributed by atoms with Gasteiger partial charge in [-0.3, -0.25) is 0 Å². The fraction of sp³-hybridized carbons (Fsp3) is 0. The Morgan fingerprint density at radius 1 is 1.17 bits per heavy atom. The molecule has 0 amide bonds. The van der Waals surface area contributed by atoms with E-state index < -0.39 is 0 Å². The first-order chi connectivity index (χ1) is 8.65. The van der Waals surface area contributed by atoms with Gasteiger partial charge in [0.05, 0.1) is 5.56 Å². The number of halogens is 1. The molecule has 0 unspecified atom stereocenters. The van der Waals surface area contributed by atoms with E-state index in [0.717, 1.165) is 0 Å². The molecule has 0 aliphatic heterocycles. The van der Waals surface area contributed by atoms with Gasteiger partial charge in [-0.25, -0.2) is 15.0 Å². The Balaban J connectivity index is 2.26. The zero-order chi connectivity index (χ0) is 12.7. The van der Waals surface area contributed by atoms with Crippen LogP contribution in [0.4, 0.5) is 0 Å². The standard InChI is InChI=1S/C11H7ClN4O2/c12-9-8-11(14-4-13-9)16-10(15-8)6-3-5(17)1-2-7(6)18/h1-4,17-18H,(H,13,14,15,16). The Labute approximate surface area is 106 Å². The van der Waals surface area contributed by atoms with Crippen molar-refractivity contribution in [2.75, 3.05) is 0 Å². The van der Waals surface area contributed by atoms with Crippen molar-refractivity contribution >= 4 is 22.8 Å². The Morgan fingerprint density at radius 3 is 2.78 bits per heavy atom. The molecule has 0 saturated carbocycles. The molecule has 0 aliphatic rings. The highest BCUT2D eigenvalue weighted by Crippen LogP contribution is 2.31. The highest BCUT2D eigenvalue weighted by molar-refractivity contribution is 6.33. The summed E-state index contributed by atoms with van der Waals surface area (Å²) in [7, 11) is 0. The van der Waals surface area contributed by atoms with Crippen LogP contribution in [0.3, 0.4) is 0 Å². The second-order valence-corrected chi connectivity index (χ2v) is 4.01. The fourth-order valence-electron chi connectivity index (χ4n) is 1.64. The highest BCUT2D eigenvalue weighted by Gasteiger charge is 2.13. The number of hydrogen-bond donors (Lipinski definition) is 3. The van der Waals surface area contributed by atoms with Gasteiger partial charge in [-0.2, -0.15) is 0 Å². The summed E-state index contributed by atoms with van der Waals surface area (Å²) in [6.07, 6.45) is 1.30. The Morgan fingerprint density at radius 2 is 2.00 bits per heavy atom. The molecular formula is C11H7ClN4O2. The van der Waals surface area contributed by atoms with Gasteiger partial charge < -0.3 is 15.2 Å². The lowest BCUT2D eigenvalue weighted by atomic mass is 10.2. The molecule has 7 heteroatoms. The van der Waals surface area contributed by atoms with Crippen molar-refractivity contribution in [3.63, 3.8) is 0 Å². The number of phenols is 2. The molecule has 2 heterocycles. The molecular weight excluding hydrogens is 256 g/mol. The van der Waals surface area contributed by atoms with E-state index in [0.29, 0.717) is 22.6 Å². The van der Waals surface area contributed by atoms with Crippen LogP contribution in [0, 0.1) is 0 Å². The second-order valence-electron chi connectivity index (χ2n) is 3.65. The summed E-state index contributed by atoms with van der Waals surface area (Å²) in [5.74, 6) is 0.386. The number of imidazole rings is 1. The van der Waals surface area contributed by atoms with Crippen LogP contribution in [-0.4, -0.2) is 30.1 Å². The summed E-state index contributed by atoms with van der Waals surface area (Å²) >= 11 is 5.89. The number of nitrogens with one attached hydrogen (secondary N) is 1. The largest absolute Gasteiger partial charge is 0.508 e. The van der Waals surface area contributed by atoms with Gasteiger partial charge in [-0.15, -0.1) is 0 Å². The molecule has 0 atom stereocenters. The van der Waals surface area contributed by atoms with Crippen molar-refractivity contribution in [1.82, 2.24) is 19.9 Å². The highest BCUT2D eigenvalue weighted by atomic mass is 35.5. The lowest BCUT2D eigenvalue weighted by Gasteiger charge is -2.01. The van der Waals surface area contributed by atoms with Crippen LogP contribution < -0.4 is 0 Å². The number of aromatic hydroxyl groups is 2. The maximum Gasteiger partial charge on any atom is 0.182 e. The van der Waals surface area contributed by atoms with Crippen LogP contribution in [0.1, 0.15) is 0 Å². The number of fused-ring (bicyclic) bond motifs is 1. The SMILES string of the molecule is Oc1ccc(O)c(-c2nc3ncnc(Cl)c3[nH]2)c1. The van der Waals surface area contributed by atoms with E-state index in [1.54, 1.807) is 0 Å². The smallest absolute Gasteiger partial charge is 0.182 e. The first kappa shape index (κ1) is 10.8. The summed E-state index contributed by atoms with van der Waals surface area (Å²) < 4.78 is 0. The molecule has 1 aromatic carbocycles. The van der Waals surface area contributed by atoms with Gasteiger partial charge in [0.25, 0.3) is 0 Å². The number of H-pyrrole nitrogens is 1. The van der Waals surface area contributed by atoms with Crippen molar-refractivity contribution < 1.29 is 10.2 Å². The van der Waals surface area contributed by atoms with Crippen molar-refractivity contribution in [2.24, 2.45) is 0 Å². The summed E-state index contributed by atoms with van der Waals surface area (Å²) in [4.78, 5) is 14.9. The predicted octanol–water partition coefficient (Wildman–Crippen LogP) is 2.08. The van der Waals surface area contributed by atoms with Crippen molar-refractivity contribution in [3.05, 3.63) is 29.7 Å². The minimum absolute atomic E-state index is 0.00376. The van der Waals surface area contributed by atoms with Crippen LogP contribution in [0.25, 0.3) is 22.6 Å². The maximum atomic E-state index is 9.74. The zero-order valence-corrected chi connectivity index (χ0v) is 9.68. The molecule has 6 nitrogen and oxygen atoms in total. The molecule has 3 rings (SSSR count). The van der Waals surface area contributed by atoms with E-state index >= 15 is 0 Å². The number of benzene rings is 1. The normalized spacial score (nSPS) is 10.9. The zero-order valence-electron chi connectivity index (χ0n) is 8.92. The molecule has 18 heavy (non-hydrogen) atoms. The summed E-state index contributed by atoms with van der Waals surface area (Å²) in [6.45, 7) is 0. The van der Waals surface area contributed by atoms with Crippen LogP contribution >= 0.6 is 11.6 Å². The monoisotopic (exact) mass is 262 g/mol. The third-order valence-electron chi connectivity index (χ3n) is 2.48. The molecule has 0 bridgehead atoms. The van der Waals surface area contributed by atoms with Gasteiger partial charge in [0, 0.05) is 0 Å². The first-order valence-electron chi connectivity index (χ1n) is 5.04. The Bertz CT molecular complexity index is 741. The van der Waals surface area contributed by atoms with E-state index in [-0.39, 0.29) is 16.7 Å². The fourth-order valence-corrected chi connectivity index (χ4v) is 1.82. The molecule has 2 aromatic heterocycles. The average molecular weight is 263 g/mol. The molecule has 3 N–H and O–H groups in total. The number of hydrogen-bond acceptors (Lipinski definition) is 5. The van der Waals surface area contributed by atoms with Crippen molar-refractivity contribution in [2.45, 2.75) is 0 Å². The van der Waals surface area contributed by atoms with Gasteiger partial charge in [0.1, 0.15) is 29.2 Å². The van der Waals surface area contributed by atoms with Crippen LogP contribution in [0.2, 0.25) is 5.15 Å². The molecule has 90 valence electrons. The number of aromatic nitrogens is 4. The van der Waals surface area contributed by atoms with Gasteiger partial charge in [0.2, 0.25) is 0 Å². The molecule has 0 saturated heterocycles. The van der Waals surface area contributed by atoms with Gasteiger partial charge in [-0.05, 0) is 18.2 Å². The molecule has 3 aromatic rings. The Kier molecular flexibility index (Phi) is 2.31. The number of rotatable bonds is 1. The first-order valence-corrected chi connectivity index (χ1v) is 5.41. The van der Waals surface area contributed by atoms with E-state index in [9.17, 15) is 10.2 Å². The lowest BCUT2D eigenvalue weighted by molar-refractivity contribution is 0.461. The Hall–Kier alpha value is -2.34. The quantitative estimate of drug-likeness (QED) is 0.461. The second kappa shape index (κ2) is 3.85. The van der Waals surface area contributed by atoms with Crippen molar-refractivity contribution in [3.8, 4) is 22.9 Å². The van der Waals surface area contributed by atoms with E-state index in [2.05, 4.69) is 19.9 Å².